The number of thiophene rings is 1. The molecule has 1 aromatic heterocycles. The minimum Gasteiger partial charge on any atom is -0.462 e. The number of nitrogens with zero attached hydrogens (tertiary/aromatic N) is 2. The summed E-state index contributed by atoms with van der Waals surface area (Å²) in [7, 11) is 3.69. The van der Waals surface area contributed by atoms with Gasteiger partial charge in [-0.05, 0) is 57.8 Å². The maximum Gasteiger partial charge on any atom is 0.415 e. The molecule has 0 saturated carbocycles. The van der Waals surface area contributed by atoms with Crippen molar-refractivity contribution in [2.24, 2.45) is 0 Å². The number of anilines is 2. The van der Waals surface area contributed by atoms with Crippen LogP contribution in [0.15, 0.2) is 42.5 Å². The van der Waals surface area contributed by atoms with Gasteiger partial charge in [0, 0.05) is 28.2 Å². The molecule has 7 nitrogen and oxygen atoms in total. The summed E-state index contributed by atoms with van der Waals surface area (Å²) >= 11 is 1.15. The number of amides is 1. The second kappa shape index (κ2) is 14.4. The number of carbonyl (C=O) groups excluding carboxylic acids is 2. The molecule has 0 aliphatic heterocycles. The first kappa shape index (κ1) is 30.7. The number of benzene rings is 2. The number of halogens is 2. The second-order valence-corrected chi connectivity index (χ2v) is 9.15. The lowest BCUT2D eigenvalue weighted by Crippen LogP contribution is -2.32. The fraction of sp³-hybridized carbons (Fsp3) is 0.357. The zero-order valence-electron chi connectivity index (χ0n) is 22.6. The molecule has 38 heavy (non-hydrogen) atoms. The molecule has 1 amide bonds. The zero-order chi connectivity index (χ0) is 28.4. The van der Waals surface area contributed by atoms with Crippen LogP contribution in [0.1, 0.15) is 49.2 Å². The number of hydrogen-bond acceptors (Lipinski definition) is 7. The van der Waals surface area contributed by atoms with Crippen molar-refractivity contribution < 1.29 is 27.8 Å². The first-order valence-corrected chi connectivity index (χ1v) is 13.2. The maximum absolute atomic E-state index is 14.6. The van der Waals surface area contributed by atoms with Gasteiger partial charge in [-0.1, -0.05) is 32.0 Å². The van der Waals surface area contributed by atoms with Gasteiger partial charge in [0.2, 0.25) is 0 Å². The van der Waals surface area contributed by atoms with Gasteiger partial charge in [-0.2, -0.15) is 0 Å². The number of carbonyl (C=O) groups is 2. The third-order valence-corrected chi connectivity index (χ3v) is 6.53. The lowest BCUT2D eigenvalue weighted by molar-refractivity contribution is 0.0526. The molecular weight excluding hydrogens is 512 g/mol. The van der Waals surface area contributed by atoms with E-state index in [1.54, 1.807) is 26.0 Å². The first-order valence-electron chi connectivity index (χ1n) is 12.4. The highest BCUT2D eigenvalue weighted by Gasteiger charge is 2.33. The average molecular weight is 548 g/mol. The smallest absolute Gasteiger partial charge is 0.415 e. The van der Waals surface area contributed by atoms with E-state index < -0.39 is 30.2 Å². The molecule has 3 rings (SSSR count). The van der Waals surface area contributed by atoms with Gasteiger partial charge in [0.05, 0.1) is 25.3 Å². The van der Waals surface area contributed by atoms with Crippen LogP contribution in [0.2, 0.25) is 0 Å². The van der Waals surface area contributed by atoms with Crippen molar-refractivity contribution in [1.82, 2.24) is 4.90 Å². The van der Waals surface area contributed by atoms with E-state index in [0.29, 0.717) is 22.7 Å². The average Bonchev–Trinajstić information content (AvgIpc) is 3.24. The van der Waals surface area contributed by atoms with E-state index in [1.165, 1.54) is 6.07 Å². The summed E-state index contributed by atoms with van der Waals surface area (Å²) in [5.41, 5.74) is 7.64. The number of nitrogen functional groups attached to an aromatic ring is 1. The Hall–Kier alpha value is -3.50. The first-order chi connectivity index (χ1) is 18.2. The topological polar surface area (TPSA) is 85.1 Å². The molecule has 2 N–H and O–H groups in total. The minimum absolute atomic E-state index is 0.0323. The number of ether oxygens (including phenoxy) is 2. The van der Waals surface area contributed by atoms with Crippen LogP contribution >= 0.6 is 11.3 Å². The molecular formula is C28H35F2N3O4S. The molecule has 206 valence electrons. The Labute approximate surface area is 226 Å². The monoisotopic (exact) mass is 547 g/mol. The van der Waals surface area contributed by atoms with Gasteiger partial charge in [0.15, 0.2) is 0 Å². The molecule has 3 aromatic rings. The van der Waals surface area contributed by atoms with Gasteiger partial charge in [-0.25, -0.2) is 18.4 Å². The quantitative estimate of drug-likeness (QED) is 0.237. The van der Waals surface area contributed by atoms with Crippen LogP contribution in [0.25, 0.3) is 10.4 Å². The number of hydrogen-bond donors (Lipinski definition) is 1. The highest BCUT2D eigenvalue weighted by molar-refractivity contribution is 7.20. The fourth-order valence-corrected chi connectivity index (χ4v) is 4.95. The maximum atomic E-state index is 14.6. The molecule has 0 atom stereocenters. The molecule has 0 radical (unpaired) electrons. The predicted molar refractivity (Wildman–Crippen MR) is 148 cm³/mol. The molecule has 2 aromatic carbocycles. The van der Waals surface area contributed by atoms with E-state index in [-0.39, 0.29) is 29.3 Å². The Morgan fingerprint density at radius 1 is 0.895 bits per heavy atom. The molecule has 1 heterocycles. The van der Waals surface area contributed by atoms with Crippen molar-refractivity contribution in [3.05, 3.63) is 70.8 Å². The summed E-state index contributed by atoms with van der Waals surface area (Å²) in [6, 6.07) is 10.5. The van der Waals surface area contributed by atoms with Gasteiger partial charge < -0.3 is 20.1 Å². The van der Waals surface area contributed by atoms with E-state index in [9.17, 15) is 18.4 Å². The van der Waals surface area contributed by atoms with Gasteiger partial charge >= 0.3 is 12.1 Å². The van der Waals surface area contributed by atoms with Crippen LogP contribution in [-0.4, -0.2) is 44.3 Å². The third kappa shape index (κ3) is 7.29. The van der Waals surface area contributed by atoms with Crippen LogP contribution in [0.4, 0.5) is 24.3 Å². The molecule has 0 bridgehead atoms. The highest BCUT2D eigenvalue weighted by Crippen LogP contribution is 2.44. The molecule has 0 aliphatic rings. The Balaban J connectivity index is 0.00000247. The predicted octanol–water partition coefficient (Wildman–Crippen LogP) is 6.70. The molecule has 0 aliphatic carbocycles. The Kier molecular flexibility index (Phi) is 11.7. The van der Waals surface area contributed by atoms with Crippen molar-refractivity contribution in [2.75, 3.05) is 37.9 Å². The summed E-state index contributed by atoms with van der Waals surface area (Å²) in [4.78, 5) is 30.0. The van der Waals surface area contributed by atoms with Crippen LogP contribution in [-0.2, 0) is 22.6 Å². The number of esters is 1. The number of rotatable bonds is 9. The summed E-state index contributed by atoms with van der Waals surface area (Å²) in [6.45, 7) is 7.30. The fourth-order valence-electron chi connectivity index (χ4n) is 3.65. The molecule has 0 unspecified atom stereocenters. The van der Waals surface area contributed by atoms with Crippen molar-refractivity contribution >= 4 is 34.1 Å². The van der Waals surface area contributed by atoms with Gasteiger partial charge in [-0.3, -0.25) is 4.90 Å². The lowest BCUT2D eigenvalue weighted by Gasteiger charge is -2.22. The van der Waals surface area contributed by atoms with Crippen LogP contribution in [0.5, 0.6) is 0 Å². The third-order valence-electron chi connectivity index (χ3n) is 5.23. The van der Waals surface area contributed by atoms with E-state index in [4.69, 9.17) is 15.2 Å². The molecule has 0 saturated heterocycles. The summed E-state index contributed by atoms with van der Waals surface area (Å²) in [6.07, 6.45) is -0.841. The van der Waals surface area contributed by atoms with Gasteiger partial charge in [0.25, 0.3) is 0 Å². The van der Waals surface area contributed by atoms with Crippen molar-refractivity contribution in [3.8, 4) is 10.4 Å². The molecule has 0 fully saturated rings. The standard InChI is InChI=1S/C26H29F2N3O4S.C2H6/c1-5-34-25(32)22-19(14-30(3)4)23(16-10-12-17(29)13-11-16)36-24(22)31(26(33)35-6-2)15-18-20(27)8-7-9-21(18)28;1-2/h7-13H,5-6,14-15,29H2,1-4H3;1-2H3. The van der Waals surface area contributed by atoms with E-state index in [0.717, 1.165) is 33.9 Å². The summed E-state index contributed by atoms with van der Waals surface area (Å²) in [5.74, 6) is -2.28. The zero-order valence-corrected chi connectivity index (χ0v) is 23.5. The van der Waals surface area contributed by atoms with Gasteiger partial charge in [-0.15, -0.1) is 11.3 Å². The Morgan fingerprint density at radius 3 is 2.00 bits per heavy atom. The summed E-state index contributed by atoms with van der Waals surface area (Å²) in [5, 5.41) is 0.179. The van der Waals surface area contributed by atoms with Crippen LogP contribution in [0.3, 0.4) is 0 Å². The normalized spacial score (nSPS) is 10.6. The number of nitrogens with two attached hydrogens (primary N) is 1. The Bertz CT molecular complexity index is 1210. The van der Waals surface area contributed by atoms with Gasteiger partial charge in [0.1, 0.15) is 16.6 Å². The van der Waals surface area contributed by atoms with E-state index in [1.807, 2.05) is 45.0 Å². The minimum atomic E-state index is -0.841. The largest absolute Gasteiger partial charge is 0.462 e. The Morgan fingerprint density at radius 2 is 1.47 bits per heavy atom. The summed E-state index contributed by atoms with van der Waals surface area (Å²) < 4.78 is 39.8. The van der Waals surface area contributed by atoms with E-state index in [2.05, 4.69) is 0 Å². The lowest BCUT2D eigenvalue weighted by atomic mass is 10.0. The SMILES string of the molecule is CC.CCOC(=O)c1c(N(Cc2c(F)cccc2F)C(=O)OCC)sc(-c2ccc(N)cc2)c1CN(C)C. The molecule has 10 heteroatoms. The van der Waals surface area contributed by atoms with Crippen LogP contribution in [0, 0.1) is 11.6 Å². The van der Waals surface area contributed by atoms with Crippen molar-refractivity contribution in [1.29, 1.82) is 0 Å². The van der Waals surface area contributed by atoms with Crippen molar-refractivity contribution in [3.63, 3.8) is 0 Å². The molecule has 0 spiro atoms. The highest BCUT2D eigenvalue weighted by atomic mass is 32.1. The van der Waals surface area contributed by atoms with Crippen molar-refractivity contribution in [2.45, 2.75) is 40.8 Å². The van der Waals surface area contributed by atoms with Crippen LogP contribution < -0.4 is 10.6 Å². The second-order valence-electron chi connectivity index (χ2n) is 8.16. The van der Waals surface area contributed by atoms with E-state index >= 15 is 0 Å².